The average Bonchev–Trinajstić information content (AvgIpc) is 2.33. The average molecular weight is 318 g/mol. The first-order valence-electron chi connectivity index (χ1n) is 5.95. The van der Waals surface area contributed by atoms with Crippen molar-refractivity contribution in [1.82, 2.24) is 0 Å². The molecule has 0 heterocycles. The molecule has 0 saturated heterocycles. The molecule has 1 nitrogen and oxygen atoms in total. The molecule has 18 heavy (non-hydrogen) atoms. The van der Waals surface area contributed by atoms with Crippen LogP contribution in [-0.4, -0.2) is 6.29 Å². The Hall–Kier alpha value is -0.366. The normalized spacial score (nSPS) is 15.4. The Kier molecular flexibility index (Phi) is 11.7. The van der Waals surface area contributed by atoms with Gasteiger partial charge in [-0.15, -0.1) is 17.4 Å². The van der Waals surface area contributed by atoms with Crippen molar-refractivity contribution in [2.45, 2.75) is 34.6 Å². The number of rotatable bonds is 4. The van der Waals surface area contributed by atoms with Gasteiger partial charge in [-0.1, -0.05) is 27.7 Å². The number of carbonyl (C=O) groups excluding carboxylic acids is 1. The minimum atomic E-state index is 0. The van der Waals surface area contributed by atoms with Gasteiger partial charge >= 0.3 is 32.7 Å². The summed E-state index contributed by atoms with van der Waals surface area (Å²) >= 11 is 0. The third kappa shape index (κ3) is 7.15. The summed E-state index contributed by atoms with van der Waals surface area (Å²) < 4.78 is 0. The van der Waals surface area contributed by atoms with E-state index in [1.54, 1.807) is 0 Å². The molecule has 0 aromatic rings. The number of hydrogen-bond acceptors (Lipinski definition) is 1. The summed E-state index contributed by atoms with van der Waals surface area (Å²) in [6, 6.07) is 0. The number of allylic oxidation sites excluding steroid dienone is 1. The molecule has 0 saturated carbocycles. The molecule has 0 bridgehead atoms. The third-order valence-corrected chi connectivity index (χ3v) is 3.35. The van der Waals surface area contributed by atoms with Crippen LogP contribution in [0.5, 0.6) is 0 Å². The van der Waals surface area contributed by atoms with Crippen LogP contribution in [0.2, 0.25) is 0 Å². The van der Waals surface area contributed by atoms with Crippen molar-refractivity contribution < 1.29 is 37.5 Å². The smallest absolute Gasteiger partial charge is 0.374 e. The molecule has 0 rings (SSSR count). The van der Waals surface area contributed by atoms with Crippen LogP contribution in [0.4, 0.5) is 0 Å². The first-order chi connectivity index (χ1) is 7.93. The van der Waals surface area contributed by atoms with Crippen LogP contribution < -0.4 is 0 Å². The van der Waals surface area contributed by atoms with Gasteiger partial charge < -0.3 is 4.79 Å². The third-order valence-electron chi connectivity index (χ3n) is 3.35. The maximum Gasteiger partial charge on any atom is 3.00 e. The summed E-state index contributed by atoms with van der Waals surface area (Å²) in [5.74, 6) is 13.2. The second kappa shape index (κ2) is 10.5. The second-order valence-corrected chi connectivity index (χ2v) is 4.53. The fraction of sp³-hybridized carbons (Fsp3) is 0.562. The Balaban J connectivity index is 0. The van der Waals surface area contributed by atoms with Gasteiger partial charge in [0.15, 0.2) is 0 Å². The van der Waals surface area contributed by atoms with Crippen LogP contribution in [-0.2, 0) is 37.5 Å². The summed E-state index contributed by atoms with van der Waals surface area (Å²) in [6.45, 7) is 15.7. The van der Waals surface area contributed by atoms with Crippen molar-refractivity contribution in [2.24, 2.45) is 23.7 Å². The number of aldehydes is 1. The SMILES string of the molecule is [CH-]=C(C#CC(C)C(C)C(C)C(C)C#CC)C=O.[Y+3]. The molecule has 0 N–H and O–H groups in total. The van der Waals surface area contributed by atoms with Crippen molar-refractivity contribution in [1.29, 1.82) is 0 Å². The molecule has 0 aliphatic carbocycles. The topological polar surface area (TPSA) is 17.1 Å². The first-order valence-corrected chi connectivity index (χ1v) is 5.95. The molecule has 0 aromatic carbocycles. The fourth-order valence-electron chi connectivity index (χ4n) is 1.63. The van der Waals surface area contributed by atoms with Gasteiger partial charge in [0.05, 0.1) is 0 Å². The molecule has 0 radical (unpaired) electrons. The molecule has 0 aliphatic heterocycles. The zero-order valence-electron chi connectivity index (χ0n) is 11.9. The van der Waals surface area contributed by atoms with Gasteiger partial charge in [-0.2, -0.15) is 5.92 Å². The van der Waals surface area contributed by atoms with Crippen LogP contribution in [0, 0.1) is 53.9 Å². The fourth-order valence-corrected chi connectivity index (χ4v) is 1.63. The van der Waals surface area contributed by atoms with E-state index in [0.717, 1.165) is 0 Å². The standard InChI is InChI=1S/C16H21O.Y/c1-7-8-13(3)15(5)16(6)14(4)10-9-12(2)11-17;/h2,11,13-16H,1,3-6H3;/q-1;+3. The summed E-state index contributed by atoms with van der Waals surface area (Å²) in [5.41, 5.74) is 0.0955. The van der Waals surface area contributed by atoms with Crippen molar-refractivity contribution in [3.63, 3.8) is 0 Å². The van der Waals surface area contributed by atoms with E-state index >= 15 is 0 Å². The van der Waals surface area contributed by atoms with E-state index in [9.17, 15) is 4.79 Å². The van der Waals surface area contributed by atoms with Gasteiger partial charge in [0, 0.05) is 18.1 Å². The van der Waals surface area contributed by atoms with Gasteiger partial charge in [0.25, 0.3) is 0 Å². The monoisotopic (exact) mass is 318 g/mol. The predicted octanol–water partition coefficient (Wildman–Crippen LogP) is 3.11. The Morgan fingerprint density at radius 2 is 1.50 bits per heavy atom. The first kappa shape index (κ1) is 20.0. The Bertz CT molecular complexity index is 389. The molecule has 0 spiro atoms. The Morgan fingerprint density at radius 1 is 1.06 bits per heavy atom. The maximum atomic E-state index is 10.3. The van der Waals surface area contributed by atoms with Gasteiger partial charge in [-0.05, 0) is 18.8 Å². The van der Waals surface area contributed by atoms with Crippen LogP contribution in [0.15, 0.2) is 5.57 Å². The molecule has 0 aromatic heterocycles. The predicted molar refractivity (Wildman–Crippen MR) is 71.8 cm³/mol. The van der Waals surface area contributed by atoms with E-state index < -0.39 is 0 Å². The van der Waals surface area contributed by atoms with Gasteiger partial charge in [0.1, 0.15) is 0 Å². The quantitative estimate of drug-likeness (QED) is 0.337. The molecule has 0 aliphatic rings. The molecule has 0 amide bonds. The molecular formula is C16H21OY+2. The van der Waals surface area contributed by atoms with Crippen LogP contribution >= 0.6 is 0 Å². The Morgan fingerprint density at radius 3 is 1.89 bits per heavy atom. The molecule has 0 fully saturated rings. The van der Waals surface area contributed by atoms with E-state index in [4.69, 9.17) is 6.58 Å². The van der Waals surface area contributed by atoms with Gasteiger partial charge in [-0.25, -0.2) is 12.5 Å². The molecule has 2 heteroatoms. The molecular weight excluding hydrogens is 297 g/mol. The van der Waals surface area contributed by atoms with Crippen LogP contribution in [0.3, 0.4) is 0 Å². The second-order valence-electron chi connectivity index (χ2n) is 4.53. The minimum Gasteiger partial charge on any atom is -0.374 e. The van der Waals surface area contributed by atoms with E-state index in [1.165, 1.54) is 0 Å². The summed E-state index contributed by atoms with van der Waals surface area (Å²) in [4.78, 5) is 10.3. The van der Waals surface area contributed by atoms with Crippen LogP contribution in [0.25, 0.3) is 0 Å². The van der Waals surface area contributed by atoms with Crippen molar-refractivity contribution >= 4 is 6.29 Å². The van der Waals surface area contributed by atoms with Gasteiger partial charge in [0.2, 0.25) is 0 Å². The number of hydrogen-bond donors (Lipinski definition) is 0. The van der Waals surface area contributed by atoms with E-state index in [2.05, 4.69) is 51.4 Å². The Labute approximate surface area is 137 Å². The van der Waals surface area contributed by atoms with E-state index in [1.807, 2.05) is 6.92 Å². The minimum absolute atomic E-state index is 0. The largest absolute Gasteiger partial charge is 3.00 e. The van der Waals surface area contributed by atoms with Gasteiger partial charge in [-0.3, -0.25) is 0 Å². The summed E-state index contributed by atoms with van der Waals surface area (Å²) in [6.07, 6.45) is 0.582. The molecule has 92 valence electrons. The molecule has 4 unspecified atom stereocenters. The zero-order chi connectivity index (χ0) is 13.4. The van der Waals surface area contributed by atoms with Crippen molar-refractivity contribution in [2.75, 3.05) is 0 Å². The van der Waals surface area contributed by atoms with Crippen molar-refractivity contribution in [3.05, 3.63) is 12.2 Å². The zero-order valence-corrected chi connectivity index (χ0v) is 14.8. The molecule has 4 atom stereocenters. The maximum absolute atomic E-state index is 10.3. The van der Waals surface area contributed by atoms with Crippen molar-refractivity contribution in [3.8, 4) is 23.7 Å². The van der Waals surface area contributed by atoms with Crippen LogP contribution in [0.1, 0.15) is 34.6 Å². The van der Waals surface area contributed by atoms with E-state index in [0.29, 0.717) is 24.0 Å². The van der Waals surface area contributed by atoms with E-state index in [-0.39, 0.29) is 44.2 Å². The number of carbonyl (C=O) groups is 1. The summed E-state index contributed by atoms with van der Waals surface area (Å²) in [5, 5.41) is 0. The summed E-state index contributed by atoms with van der Waals surface area (Å²) in [7, 11) is 0.